The van der Waals surface area contributed by atoms with Gasteiger partial charge in [0.2, 0.25) is 5.78 Å². The lowest BCUT2D eigenvalue weighted by atomic mass is 10.0. The molecule has 0 bridgehead atoms. The quantitative estimate of drug-likeness (QED) is 0.727. The zero-order valence-electron chi connectivity index (χ0n) is 9.06. The zero-order valence-corrected chi connectivity index (χ0v) is 9.06. The van der Waals surface area contributed by atoms with Crippen molar-refractivity contribution >= 4 is 16.7 Å². The van der Waals surface area contributed by atoms with Crippen LogP contribution in [0.4, 0.5) is 0 Å². The summed E-state index contributed by atoms with van der Waals surface area (Å²) in [5.74, 6) is -0.123. The Balaban J connectivity index is 2.34. The molecule has 2 heterocycles. The maximum Gasteiger partial charge on any atom is 0.288 e. The first-order valence-corrected chi connectivity index (χ1v) is 5.06. The molecule has 0 spiro atoms. The van der Waals surface area contributed by atoms with Crippen molar-refractivity contribution in [2.75, 3.05) is 7.11 Å². The first-order valence-electron chi connectivity index (χ1n) is 5.06. The van der Waals surface area contributed by atoms with E-state index in [0.717, 1.165) is 16.5 Å². The van der Waals surface area contributed by atoms with Gasteiger partial charge < -0.3 is 9.57 Å². The van der Waals surface area contributed by atoms with Gasteiger partial charge in [0.1, 0.15) is 0 Å². The van der Waals surface area contributed by atoms with E-state index < -0.39 is 6.29 Å². The molecule has 1 unspecified atom stereocenters. The van der Waals surface area contributed by atoms with Crippen molar-refractivity contribution in [1.29, 1.82) is 0 Å². The third-order valence-electron chi connectivity index (χ3n) is 2.80. The number of methoxy groups -OCH3 is 1. The normalized spacial score (nSPS) is 18.9. The average Bonchev–Trinajstić information content (AvgIpc) is 2.66. The van der Waals surface area contributed by atoms with Crippen LogP contribution >= 0.6 is 0 Å². The Bertz CT molecular complexity index is 585. The van der Waals surface area contributed by atoms with Gasteiger partial charge in [-0.25, -0.2) is 0 Å². The van der Waals surface area contributed by atoms with E-state index in [4.69, 9.17) is 9.57 Å². The SMILES string of the molecule is COC1On2ccc3cc(C)cc(c32)C1=O. The van der Waals surface area contributed by atoms with Crippen LogP contribution in [0, 0.1) is 6.92 Å². The number of ketones is 1. The largest absolute Gasteiger partial charge is 0.373 e. The Kier molecular flexibility index (Phi) is 1.82. The van der Waals surface area contributed by atoms with Gasteiger partial charge >= 0.3 is 0 Å². The van der Waals surface area contributed by atoms with Gasteiger partial charge in [-0.3, -0.25) is 4.79 Å². The standard InChI is InChI=1S/C12H11NO3/c1-7-5-8-3-4-13-10(8)9(6-7)11(14)12(15-2)16-13/h3-6,12H,1-2H3. The van der Waals surface area contributed by atoms with Gasteiger partial charge in [-0.2, -0.15) is 4.73 Å². The molecule has 1 aromatic carbocycles. The zero-order chi connectivity index (χ0) is 11.3. The van der Waals surface area contributed by atoms with Crippen molar-refractivity contribution in [3.63, 3.8) is 0 Å². The predicted molar refractivity (Wildman–Crippen MR) is 58.4 cm³/mol. The molecular weight excluding hydrogens is 206 g/mol. The lowest BCUT2D eigenvalue weighted by Crippen LogP contribution is -2.38. The summed E-state index contributed by atoms with van der Waals surface area (Å²) in [5.41, 5.74) is 2.55. The molecule has 1 aliphatic rings. The van der Waals surface area contributed by atoms with E-state index in [9.17, 15) is 4.79 Å². The van der Waals surface area contributed by atoms with Gasteiger partial charge in [0, 0.05) is 18.7 Å². The summed E-state index contributed by atoms with van der Waals surface area (Å²) in [5, 5.41) is 1.01. The number of hydrogen-bond donors (Lipinski definition) is 0. The summed E-state index contributed by atoms with van der Waals surface area (Å²) >= 11 is 0. The van der Waals surface area contributed by atoms with Crippen molar-refractivity contribution in [3.05, 3.63) is 35.5 Å². The minimum atomic E-state index is -0.843. The lowest BCUT2D eigenvalue weighted by Gasteiger charge is -2.23. The van der Waals surface area contributed by atoms with E-state index in [1.165, 1.54) is 7.11 Å². The first kappa shape index (κ1) is 9.42. The second-order valence-corrected chi connectivity index (χ2v) is 3.93. The van der Waals surface area contributed by atoms with Crippen molar-refractivity contribution in [3.8, 4) is 0 Å². The van der Waals surface area contributed by atoms with E-state index in [1.54, 1.807) is 10.9 Å². The summed E-state index contributed by atoms with van der Waals surface area (Å²) in [6, 6.07) is 5.83. The topological polar surface area (TPSA) is 40.5 Å². The molecule has 4 heteroatoms. The van der Waals surface area contributed by atoms with E-state index in [1.807, 2.05) is 25.1 Å². The lowest BCUT2D eigenvalue weighted by molar-refractivity contribution is -0.0996. The van der Waals surface area contributed by atoms with Crippen LogP contribution in [0.3, 0.4) is 0 Å². The Morgan fingerprint density at radius 2 is 2.25 bits per heavy atom. The summed E-state index contributed by atoms with van der Waals surface area (Å²) in [6.45, 7) is 1.97. The average molecular weight is 217 g/mol. The number of Topliss-reactive ketones (excluding diaryl/α,β-unsaturated/α-hetero) is 1. The van der Waals surface area contributed by atoms with Gasteiger partial charge in [-0.15, -0.1) is 0 Å². The van der Waals surface area contributed by atoms with E-state index in [2.05, 4.69) is 0 Å². The van der Waals surface area contributed by atoms with Gasteiger partial charge in [0.05, 0.1) is 11.1 Å². The number of carbonyl (C=O) groups excluding carboxylic acids is 1. The summed E-state index contributed by atoms with van der Waals surface area (Å²) in [6.07, 6.45) is 0.955. The number of carbonyl (C=O) groups is 1. The molecule has 3 rings (SSSR count). The summed E-state index contributed by atoms with van der Waals surface area (Å²) in [7, 11) is 1.46. The Morgan fingerprint density at radius 3 is 3.00 bits per heavy atom. The molecule has 1 aliphatic heterocycles. The predicted octanol–water partition coefficient (Wildman–Crippen LogP) is 1.55. The van der Waals surface area contributed by atoms with Crippen LogP contribution in [0.1, 0.15) is 15.9 Å². The molecule has 2 aromatic rings. The molecule has 1 aromatic heterocycles. The van der Waals surface area contributed by atoms with Crippen molar-refractivity contribution in [2.24, 2.45) is 0 Å². The molecule has 0 saturated heterocycles. The Labute approximate surface area is 92.3 Å². The van der Waals surface area contributed by atoms with Gasteiger partial charge in [-0.1, -0.05) is 0 Å². The molecular formula is C12H11NO3. The molecule has 0 N–H and O–H groups in total. The highest BCUT2D eigenvalue weighted by Crippen LogP contribution is 2.26. The van der Waals surface area contributed by atoms with Crippen LogP contribution in [0.15, 0.2) is 24.4 Å². The van der Waals surface area contributed by atoms with Crippen LogP contribution in [-0.4, -0.2) is 23.9 Å². The molecule has 16 heavy (non-hydrogen) atoms. The van der Waals surface area contributed by atoms with Gasteiger partial charge in [0.15, 0.2) is 0 Å². The van der Waals surface area contributed by atoms with Gasteiger partial charge in [-0.05, 0) is 30.7 Å². The first-order chi connectivity index (χ1) is 7.70. The van der Waals surface area contributed by atoms with Crippen LogP contribution in [-0.2, 0) is 4.74 Å². The number of aryl methyl sites for hydroxylation is 1. The number of benzene rings is 1. The maximum atomic E-state index is 12.0. The van der Waals surface area contributed by atoms with Crippen molar-refractivity contribution in [2.45, 2.75) is 13.2 Å². The van der Waals surface area contributed by atoms with E-state index in [0.29, 0.717) is 5.56 Å². The van der Waals surface area contributed by atoms with Crippen LogP contribution in [0.25, 0.3) is 10.9 Å². The van der Waals surface area contributed by atoms with Crippen molar-refractivity contribution < 1.29 is 14.4 Å². The molecule has 0 aliphatic carbocycles. The second kappa shape index (κ2) is 3.09. The van der Waals surface area contributed by atoms with E-state index in [-0.39, 0.29) is 5.78 Å². The fourth-order valence-electron chi connectivity index (χ4n) is 2.11. The molecule has 82 valence electrons. The van der Waals surface area contributed by atoms with Gasteiger partial charge in [0.25, 0.3) is 6.29 Å². The highest BCUT2D eigenvalue weighted by atomic mass is 16.8. The second-order valence-electron chi connectivity index (χ2n) is 3.93. The maximum absolute atomic E-state index is 12.0. The van der Waals surface area contributed by atoms with Crippen molar-refractivity contribution in [1.82, 2.24) is 4.73 Å². The smallest absolute Gasteiger partial charge is 0.288 e. The molecule has 0 amide bonds. The Hall–Kier alpha value is -1.81. The molecule has 1 atom stereocenters. The molecule has 0 saturated carbocycles. The highest BCUT2D eigenvalue weighted by Gasteiger charge is 2.30. The number of hydrogen-bond acceptors (Lipinski definition) is 3. The summed E-state index contributed by atoms with van der Waals surface area (Å²) < 4.78 is 6.60. The minimum absolute atomic E-state index is 0.123. The van der Waals surface area contributed by atoms with E-state index >= 15 is 0 Å². The highest BCUT2D eigenvalue weighted by molar-refractivity contribution is 6.09. The number of aromatic nitrogens is 1. The third kappa shape index (κ3) is 1.10. The Morgan fingerprint density at radius 1 is 1.44 bits per heavy atom. The minimum Gasteiger partial charge on any atom is -0.373 e. The number of ether oxygens (including phenoxy) is 1. The monoisotopic (exact) mass is 217 g/mol. The molecule has 0 radical (unpaired) electrons. The molecule has 0 fully saturated rings. The number of nitrogens with zero attached hydrogens (tertiary/aromatic N) is 1. The molecule has 4 nitrogen and oxygen atoms in total. The van der Waals surface area contributed by atoms with Crippen LogP contribution in [0.2, 0.25) is 0 Å². The van der Waals surface area contributed by atoms with Crippen LogP contribution in [0.5, 0.6) is 0 Å². The van der Waals surface area contributed by atoms with Crippen LogP contribution < -0.4 is 4.84 Å². The fourth-order valence-corrected chi connectivity index (χ4v) is 2.11. The fraction of sp³-hybridized carbons (Fsp3) is 0.250. The number of rotatable bonds is 1. The third-order valence-corrected chi connectivity index (χ3v) is 2.80. The summed E-state index contributed by atoms with van der Waals surface area (Å²) in [4.78, 5) is 17.4.